The Labute approximate surface area is 202 Å². The van der Waals surface area contributed by atoms with E-state index in [0.29, 0.717) is 28.9 Å². The molecule has 182 valence electrons. The van der Waals surface area contributed by atoms with Crippen LogP contribution in [0.3, 0.4) is 0 Å². The molecule has 3 aromatic rings. The summed E-state index contributed by atoms with van der Waals surface area (Å²) >= 11 is 0. The minimum atomic E-state index is -2.98. The number of hydrogen-bond donors (Lipinski definition) is 0. The molecule has 1 amide bonds. The lowest BCUT2D eigenvalue weighted by molar-refractivity contribution is -0.128. The van der Waals surface area contributed by atoms with E-state index in [1.54, 1.807) is 42.0 Å². The monoisotopic (exact) mass is 479 g/mol. The summed E-state index contributed by atoms with van der Waals surface area (Å²) in [6.45, 7) is 4.93. The molecular weight excluding hydrogens is 452 g/mol. The van der Waals surface area contributed by atoms with Gasteiger partial charge in [0.05, 0.1) is 16.9 Å². The largest absolute Gasteiger partial charge is 0.298 e. The van der Waals surface area contributed by atoms with Crippen LogP contribution in [0, 0.1) is 5.92 Å². The summed E-state index contributed by atoms with van der Waals surface area (Å²) in [7, 11) is 0. The second-order valence-corrected chi connectivity index (χ2v) is 8.80. The number of hydrogen-bond acceptors (Lipinski definition) is 4. The van der Waals surface area contributed by atoms with Crippen LogP contribution >= 0.6 is 0 Å². The third-order valence-corrected chi connectivity index (χ3v) is 6.28. The van der Waals surface area contributed by atoms with Crippen LogP contribution in [-0.2, 0) is 21.9 Å². The summed E-state index contributed by atoms with van der Waals surface area (Å²) < 4.78 is 29.7. The molecule has 35 heavy (non-hydrogen) atoms. The minimum absolute atomic E-state index is 0.0454. The molecule has 0 spiro atoms. The van der Waals surface area contributed by atoms with Gasteiger partial charge in [0.15, 0.2) is 5.78 Å². The first-order chi connectivity index (χ1) is 16.7. The average molecular weight is 480 g/mol. The molecule has 0 N–H and O–H groups in total. The van der Waals surface area contributed by atoms with Crippen LogP contribution in [0.5, 0.6) is 0 Å². The van der Waals surface area contributed by atoms with Crippen molar-refractivity contribution < 1.29 is 23.2 Å². The normalized spacial score (nSPS) is 16.1. The highest BCUT2D eigenvalue weighted by Crippen LogP contribution is 2.32. The number of fused-ring (bicyclic) bond motifs is 1. The zero-order valence-electron chi connectivity index (χ0n) is 19.9. The topological polar surface area (TPSA) is 71.7 Å². The number of Topliss-reactive ketones (excluding diaryl/α,β-unsaturated/α-hetero) is 1. The number of carbonyl (C=O) groups is 3. The molecule has 1 aliphatic rings. The Kier molecular flexibility index (Phi) is 6.65. The summed E-state index contributed by atoms with van der Waals surface area (Å²) in [5, 5.41) is 6.35. The fraction of sp³-hybridized carbons (Fsp3) is 0.333. The standard InChI is InChI=1S/C27H27F2N3O3/c1-4-7-24(34)31-13-12-19-10-11-21(16-22(19)31)32-26(35)25(17(3)30-32)23(33)15-18-8-6-9-20(14-18)27(28,29)5-2/h6,8-14,16,25H,4-5,7,15H2,1-3H3. The van der Waals surface area contributed by atoms with Crippen LogP contribution in [-0.4, -0.2) is 27.9 Å². The highest BCUT2D eigenvalue weighted by atomic mass is 19.3. The van der Waals surface area contributed by atoms with E-state index in [0.717, 1.165) is 11.8 Å². The molecule has 0 aliphatic carbocycles. The van der Waals surface area contributed by atoms with Gasteiger partial charge >= 0.3 is 0 Å². The number of benzene rings is 2. The van der Waals surface area contributed by atoms with Gasteiger partial charge in [0.2, 0.25) is 5.91 Å². The number of hydrazone groups is 1. The molecular formula is C27H27F2N3O3. The number of rotatable bonds is 8. The van der Waals surface area contributed by atoms with Crippen molar-refractivity contribution in [3.63, 3.8) is 0 Å². The van der Waals surface area contributed by atoms with Crippen molar-refractivity contribution in [2.24, 2.45) is 11.0 Å². The predicted molar refractivity (Wildman–Crippen MR) is 131 cm³/mol. The zero-order chi connectivity index (χ0) is 25.3. The molecule has 4 rings (SSSR count). The summed E-state index contributed by atoms with van der Waals surface area (Å²) in [6, 6.07) is 12.8. The van der Waals surface area contributed by atoms with Gasteiger partial charge in [0.1, 0.15) is 5.92 Å². The maximum absolute atomic E-state index is 14.1. The maximum Gasteiger partial charge on any atom is 0.273 e. The van der Waals surface area contributed by atoms with Gasteiger partial charge in [-0.1, -0.05) is 38.1 Å². The van der Waals surface area contributed by atoms with Gasteiger partial charge in [-0.3, -0.25) is 19.0 Å². The molecule has 0 radical (unpaired) electrons. The first-order valence-electron chi connectivity index (χ1n) is 11.7. The minimum Gasteiger partial charge on any atom is -0.298 e. The van der Waals surface area contributed by atoms with E-state index in [4.69, 9.17) is 0 Å². The second kappa shape index (κ2) is 9.52. The number of aromatic nitrogens is 1. The lowest BCUT2D eigenvalue weighted by Gasteiger charge is -2.16. The van der Waals surface area contributed by atoms with Crippen molar-refractivity contribution in [3.8, 4) is 0 Å². The molecule has 1 atom stereocenters. The number of nitrogens with zero attached hydrogens (tertiary/aromatic N) is 3. The van der Waals surface area contributed by atoms with Crippen LogP contribution < -0.4 is 5.01 Å². The lowest BCUT2D eigenvalue weighted by atomic mass is 9.92. The molecule has 0 saturated carbocycles. The highest BCUT2D eigenvalue weighted by Gasteiger charge is 2.39. The van der Waals surface area contributed by atoms with Gasteiger partial charge in [-0.05, 0) is 43.2 Å². The Hall–Kier alpha value is -3.68. The summed E-state index contributed by atoms with van der Waals surface area (Å²) in [6.07, 6.45) is 2.32. The first-order valence-corrected chi connectivity index (χ1v) is 11.7. The number of alkyl halides is 2. The van der Waals surface area contributed by atoms with E-state index >= 15 is 0 Å². The van der Waals surface area contributed by atoms with Crippen LogP contribution in [0.15, 0.2) is 59.8 Å². The second-order valence-electron chi connectivity index (χ2n) is 8.80. The molecule has 1 unspecified atom stereocenters. The van der Waals surface area contributed by atoms with Gasteiger partial charge in [0, 0.05) is 36.4 Å². The van der Waals surface area contributed by atoms with E-state index in [-0.39, 0.29) is 24.3 Å². The van der Waals surface area contributed by atoms with Crippen molar-refractivity contribution in [2.45, 2.75) is 52.4 Å². The van der Waals surface area contributed by atoms with Gasteiger partial charge in [0.25, 0.3) is 11.8 Å². The molecule has 1 aliphatic heterocycles. The molecule has 0 fully saturated rings. The van der Waals surface area contributed by atoms with E-state index in [2.05, 4.69) is 5.10 Å². The molecule has 0 bridgehead atoms. The predicted octanol–water partition coefficient (Wildman–Crippen LogP) is 5.73. The molecule has 8 heteroatoms. The number of carbonyl (C=O) groups excluding carboxylic acids is 3. The van der Waals surface area contributed by atoms with Crippen molar-refractivity contribution >= 4 is 39.9 Å². The number of halogens is 2. The van der Waals surface area contributed by atoms with Crippen LogP contribution in [0.4, 0.5) is 14.5 Å². The Morgan fingerprint density at radius 3 is 2.57 bits per heavy atom. The smallest absolute Gasteiger partial charge is 0.273 e. The first kappa shape index (κ1) is 24.4. The van der Waals surface area contributed by atoms with E-state index in [9.17, 15) is 23.2 Å². The zero-order valence-corrected chi connectivity index (χ0v) is 19.9. The Balaban J connectivity index is 1.57. The van der Waals surface area contributed by atoms with Crippen LogP contribution in [0.1, 0.15) is 56.0 Å². The fourth-order valence-corrected chi connectivity index (χ4v) is 4.34. The SMILES string of the molecule is CCCC(=O)n1ccc2ccc(N3N=C(C)C(C(=O)Cc4cccc(C(F)(F)CC)c4)C3=O)cc21. The van der Waals surface area contributed by atoms with Crippen molar-refractivity contribution in [3.05, 3.63) is 65.9 Å². The van der Waals surface area contributed by atoms with E-state index in [1.807, 2.05) is 13.0 Å². The number of amides is 1. The third-order valence-electron chi connectivity index (χ3n) is 6.28. The number of ketones is 1. The van der Waals surface area contributed by atoms with Crippen LogP contribution in [0.25, 0.3) is 10.9 Å². The molecule has 2 aromatic carbocycles. The van der Waals surface area contributed by atoms with Gasteiger partial charge in [-0.2, -0.15) is 10.1 Å². The van der Waals surface area contributed by atoms with Crippen molar-refractivity contribution in [1.82, 2.24) is 4.57 Å². The Bertz CT molecular complexity index is 1340. The molecule has 0 saturated heterocycles. The molecule has 6 nitrogen and oxygen atoms in total. The third kappa shape index (κ3) is 4.65. The van der Waals surface area contributed by atoms with Gasteiger partial charge in [-0.15, -0.1) is 0 Å². The Morgan fingerprint density at radius 2 is 1.86 bits per heavy atom. The van der Waals surface area contributed by atoms with Gasteiger partial charge in [-0.25, -0.2) is 8.78 Å². The molecule has 1 aromatic heterocycles. The summed E-state index contributed by atoms with van der Waals surface area (Å²) in [5.74, 6) is -5.02. The van der Waals surface area contributed by atoms with E-state index < -0.39 is 23.5 Å². The fourth-order valence-electron chi connectivity index (χ4n) is 4.34. The van der Waals surface area contributed by atoms with E-state index in [1.165, 1.54) is 30.1 Å². The van der Waals surface area contributed by atoms with Crippen LogP contribution in [0.2, 0.25) is 0 Å². The Morgan fingerprint density at radius 1 is 1.09 bits per heavy atom. The highest BCUT2D eigenvalue weighted by molar-refractivity contribution is 6.27. The maximum atomic E-state index is 14.1. The summed E-state index contributed by atoms with van der Waals surface area (Å²) in [5.41, 5.74) is 1.72. The molecule has 2 heterocycles. The summed E-state index contributed by atoms with van der Waals surface area (Å²) in [4.78, 5) is 38.7. The average Bonchev–Trinajstić information content (AvgIpc) is 3.39. The van der Waals surface area contributed by atoms with Gasteiger partial charge < -0.3 is 0 Å². The quantitative estimate of drug-likeness (QED) is 0.387. The van der Waals surface area contributed by atoms with Crippen molar-refractivity contribution in [2.75, 3.05) is 5.01 Å². The number of anilines is 1. The van der Waals surface area contributed by atoms with Crippen molar-refractivity contribution in [1.29, 1.82) is 0 Å². The lowest BCUT2D eigenvalue weighted by Crippen LogP contribution is -2.33.